The molecule has 180 valence electrons. The van der Waals surface area contributed by atoms with Gasteiger partial charge < -0.3 is 20.5 Å². The van der Waals surface area contributed by atoms with Crippen molar-refractivity contribution in [3.05, 3.63) is 59.7 Å². The Kier molecular flexibility index (Phi) is 7.50. The first-order valence-electron chi connectivity index (χ1n) is 12.1. The van der Waals surface area contributed by atoms with Gasteiger partial charge in [-0.1, -0.05) is 74.7 Å². The molecular weight excluding hydrogens is 432 g/mol. The number of aliphatic carboxylic acids is 1. The second-order valence-corrected chi connectivity index (χ2v) is 9.31. The molecule has 1 fully saturated rings. The molecule has 7 nitrogen and oxygen atoms in total. The third-order valence-electron chi connectivity index (χ3n) is 7.00. The van der Waals surface area contributed by atoms with Crippen LogP contribution in [0.25, 0.3) is 11.1 Å². The fourth-order valence-electron chi connectivity index (χ4n) is 5.08. The Morgan fingerprint density at radius 1 is 0.971 bits per heavy atom. The minimum absolute atomic E-state index is 0.0259. The van der Waals surface area contributed by atoms with E-state index in [4.69, 9.17) is 4.74 Å². The number of rotatable bonds is 7. The third-order valence-corrected chi connectivity index (χ3v) is 7.00. The average Bonchev–Trinajstić information content (AvgIpc) is 2.97. The number of carboxylic acid groups (broad SMARTS) is 1. The van der Waals surface area contributed by atoms with Crippen LogP contribution in [0.5, 0.6) is 0 Å². The van der Waals surface area contributed by atoms with Crippen LogP contribution in [0.4, 0.5) is 4.79 Å². The number of carbonyl (C=O) groups excluding carboxylic acids is 2. The fourth-order valence-corrected chi connectivity index (χ4v) is 5.08. The van der Waals surface area contributed by atoms with Crippen molar-refractivity contribution in [3.63, 3.8) is 0 Å². The summed E-state index contributed by atoms with van der Waals surface area (Å²) in [6.07, 6.45) is 3.42. The van der Waals surface area contributed by atoms with Gasteiger partial charge in [0.15, 0.2) is 0 Å². The summed E-state index contributed by atoms with van der Waals surface area (Å²) in [5.74, 6) is -2.21. The first-order valence-corrected chi connectivity index (χ1v) is 12.1. The summed E-state index contributed by atoms with van der Waals surface area (Å²) in [5, 5.41) is 15.1. The lowest BCUT2D eigenvalue weighted by atomic mass is 9.94. The second kappa shape index (κ2) is 10.7. The Morgan fingerprint density at radius 2 is 1.59 bits per heavy atom. The predicted octanol–water partition coefficient (Wildman–Crippen LogP) is 4.31. The van der Waals surface area contributed by atoms with Crippen LogP contribution in [0.15, 0.2) is 48.5 Å². The molecule has 0 aliphatic heterocycles. The van der Waals surface area contributed by atoms with E-state index in [1.807, 2.05) is 24.3 Å². The van der Waals surface area contributed by atoms with Crippen LogP contribution in [0, 0.1) is 11.8 Å². The zero-order chi connectivity index (χ0) is 24.1. The Hall–Kier alpha value is -3.35. The molecule has 2 aliphatic rings. The van der Waals surface area contributed by atoms with Gasteiger partial charge in [0.05, 0.1) is 11.8 Å². The molecule has 2 amide bonds. The Labute approximate surface area is 199 Å². The number of benzene rings is 2. The summed E-state index contributed by atoms with van der Waals surface area (Å²) < 4.78 is 5.53. The van der Waals surface area contributed by atoms with E-state index in [-0.39, 0.29) is 31.0 Å². The van der Waals surface area contributed by atoms with E-state index < -0.39 is 23.9 Å². The molecule has 0 bridgehead atoms. The summed E-state index contributed by atoms with van der Waals surface area (Å²) in [6, 6.07) is 15.9. The van der Waals surface area contributed by atoms with Crippen molar-refractivity contribution in [1.29, 1.82) is 0 Å². The molecular formula is C27H32N2O5. The number of ether oxygens (including phenoxy) is 1. The van der Waals surface area contributed by atoms with Crippen LogP contribution in [0.3, 0.4) is 0 Å². The summed E-state index contributed by atoms with van der Waals surface area (Å²) in [4.78, 5) is 36.6. The van der Waals surface area contributed by atoms with E-state index >= 15 is 0 Å². The smallest absolute Gasteiger partial charge is 0.407 e. The van der Waals surface area contributed by atoms with Gasteiger partial charge in [0.1, 0.15) is 6.61 Å². The summed E-state index contributed by atoms with van der Waals surface area (Å²) in [6.45, 7) is 2.04. The first-order chi connectivity index (χ1) is 16.5. The topological polar surface area (TPSA) is 105 Å². The number of hydrogen-bond acceptors (Lipinski definition) is 4. The van der Waals surface area contributed by atoms with E-state index in [1.165, 1.54) is 0 Å². The molecule has 0 saturated heterocycles. The SMILES string of the molecule is CC(CNC(=O)OCC1c2ccccc2-c2ccccc21)C(=O)N[C@@H]1CCCCC[C@@H]1C(=O)O. The van der Waals surface area contributed by atoms with Crippen molar-refractivity contribution < 1.29 is 24.2 Å². The molecule has 2 aromatic carbocycles. The van der Waals surface area contributed by atoms with Gasteiger partial charge in [-0.25, -0.2) is 4.79 Å². The normalized spacial score (nSPS) is 20.4. The van der Waals surface area contributed by atoms with E-state index in [9.17, 15) is 19.5 Å². The second-order valence-electron chi connectivity index (χ2n) is 9.31. The summed E-state index contributed by atoms with van der Waals surface area (Å²) in [5.41, 5.74) is 4.60. The molecule has 0 spiro atoms. The lowest BCUT2D eigenvalue weighted by Crippen LogP contribution is -2.46. The van der Waals surface area contributed by atoms with E-state index in [1.54, 1.807) is 6.92 Å². The molecule has 0 heterocycles. The maximum absolute atomic E-state index is 12.6. The van der Waals surface area contributed by atoms with Gasteiger partial charge in [-0.15, -0.1) is 0 Å². The third kappa shape index (κ3) is 5.24. The largest absolute Gasteiger partial charge is 0.481 e. The van der Waals surface area contributed by atoms with Crippen molar-refractivity contribution in [2.75, 3.05) is 13.2 Å². The van der Waals surface area contributed by atoms with Crippen molar-refractivity contribution in [2.24, 2.45) is 11.8 Å². The van der Waals surface area contributed by atoms with Gasteiger partial charge in [-0.2, -0.15) is 0 Å². The zero-order valence-corrected chi connectivity index (χ0v) is 19.5. The molecule has 0 aromatic heterocycles. The average molecular weight is 465 g/mol. The van der Waals surface area contributed by atoms with Gasteiger partial charge >= 0.3 is 12.1 Å². The Morgan fingerprint density at radius 3 is 2.24 bits per heavy atom. The zero-order valence-electron chi connectivity index (χ0n) is 19.5. The highest BCUT2D eigenvalue weighted by Crippen LogP contribution is 2.44. The van der Waals surface area contributed by atoms with Gasteiger partial charge in [0, 0.05) is 18.5 Å². The molecule has 1 unspecified atom stereocenters. The molecule has 3 N–H and O–H groups in total. The number of amides is 2. The standard InChI is InChI=1S/C27H32N2O5/c1-17(25(30)29-24-14-4-2-3-13-22(24)26(31)32)15-28-27(33)34-16-23-20-11-7-5-9-18(20)19-10-6-8-12-21(19)23/h5-12,17,22-24H,2-4,13-16H2,1H3,(H,28,33)(H,29,30)(H,31,32)/t17?,22-,24+/m0/s1. The van der Waals surface area contributed by atoms with Crippen LogP contribution in [0.2, 0.25) is 0 Å². The highest BCUT2D eigenvalue weighted by atomic mass is 16.5. The number of nitrogens with one attached hydrogen (secondary N) is 2. The number of carboxylic acids is 1. The van der Waals surface area contributed by atoms with Gasteiger partial charge in [-0.3, -0.25) is 9.59 Å². The van der Waals surface area contributed by atoms with Crippen molar-refractivity contribution in [1.82, 2.24) is 10.6 Å². The lowest BCUT2D eigenvalue weighted by Gasteiger charge is -2.24. The van der Waals surface area contributed by atoms with Crippen molar-refractivity contribution in [2.45, 2.75) is 51.0 Å². The van der Waals surface area contributed by atoms with Crippen molar-refractivity contribution in [3.8, 4) is 11.1 Å². The number of alkyl carbamates (subject to hydrolysis) is 1. The highest BCUT2D eigenvalue weighted by molar-refractivity contribution is 5.81. The molecule has 34 heavy (non-hydrogen) atoms. The van der Waals surface area contributed by atoms with Crippen LogP contribution in [-0.4, -0.2) is 42.3 Å². The highest BCUT2D eigenvalue weighted by Gasteiger charge is 2.32. The molecule has 1 saturated carbocycles. The summed E-state index contributed by atoms with van der Waals surface area (Å²) >= 11 is 0. The molecule has 0 radical (unpaired) electrons. The Bertz CT molecular complexity index is 1010. The maximum Gasteiger partial charge on any atom is 0.407 e. The van der Waals surface area contributed by atoms with Gasteiger partial charge in [0.25, 0.3) is 0 Å². The maximum atomic E-state index is 12.6. The van der Waals surface area contributed by atoms with Gasteiger partial charge in [-0.05, 0) is 35.1 Å². The Balaban J connectivity index is 1.28. The van der Waals surface area contributed by atoms with E-state index in [0.29, 0.717) is 12.8 Å². The monoisotopic (exact) mass is 464 g/mol. The molecule has 3 atom stereocenters. The van der Waals surface area contributed by atoms with E-state index in [2.05, 4.69) is 34.9 Å². The van der Waals surface area contributed by atoms with Crippen LogP contribution in [0.1, 0.15) is 56.1 Å². The number of fused-ring (bicyclic) bond motifs is 3. The molecule has 4 rings (SSSR count). The van der Waals surface area contributed by atoms with Crippen LogP contribution < -0.4 is 10.6 Å². The lowest BCUT2D eigenvalue weighted by molar-refractivity contribution is -0.143. The van der Waals surface area contributed by atoms with Crippen LogP contribution >= 0.6 is 0 Å². The van der Waals surface area contributed by atoms with Crippen molar-refractivity contribution >= 4 is 18.0 Å². The van der Waals surface area contributed by atoms with Gasteiger partial charge in [0.2, 0.25) is 5.91 Å². The fraction of sp³-hybridized carbons (Fsp3) is 0.444. The molecule has 7 heteroatoms. The van der Waals surface area contributed by atoms with E-state index in [0.717, 1.165) is 41.5 Å². The minimum Gasteiger partial charge on any atom is -0.481 e. The summed E-state index contributed by atoms with van der Waals surface area (Å²) in [7, 11) is 0. The number of hydrogen-bond donors (Lipinski definition) is 3. The molecule has 2 aliphatic carbocycles. The van der Waals surface area contributed by atoms with Crippen LogP contribution in [-0.2, 0) is 14.3 Å². The quantitative estimate of drug-likeness (QED) is 0.530. The molecule has 2 aromatic rings. The number of carbonyl (C=O) groups is 3. The minimum atomic E-state index is -0.864. The first kappa shape index (κ1) is 23.8. The predicted molar refractivity (Wildman–Crippen MR) is 128 cm³/mol.